The van der Waals surface area contributed by atoms with Gasteiger partial charge in [-0.3, -0.25) is 5.11 Å². The number of benzene rings is 1. The predicted molar refractivity (Wildman–Crippen MR) is 73.0 cm³/mol. The molecule has 0 aliphatic carbocycles. The van der Waals surface area contributed by atoms with Crippen LogP contribution in [0.3, 0.4) is 0 Å². The lowest BCUT2D eigenvalue weighted by atomic mass is 9.96. The van der Waals surface area contributed by atoms with Gasteiger partial charge in [-0.2, -0.15) is 0 Å². The molecular formula is C16H25O. The van der Waals surface area contributed by atoms with Crippen LogP contribution in [0.15, 0.2) is 18.2 Å². The van der Waals surface area contributed by atoms with Gasteiger partial charge in [0.2, 0.25) is 0 Å². The van der Waals surface area contributed by atoms with Crippen LogP contribution in [0, 0.1) is 0 Å². The average Bonchev–Trinajstić information content (AvgIpc) is 2.33. The van der Waals surface area contributed by atoms with E-state index in [1.54, 1.807) is 6.07 Å². The number of unbranched alkanes of at least 4 members (excludes halogenated alkanes) is 4. The van der Waals surface area contributed by atoms with Gasteiger partial charge in [0.1, 0.15) is 0 Å². The van der Waals surface area contributed by atoms with Gasteiger partial charge < -0.3 is 0 Å². The molecule has 1 rings (SSSR count). The summed E-state index contributed by atoms with van der Waals surface area (Å²) in [6.45, 7) is 4.41. The van der Waals surface area contributed by atoms with Gasteiger partial charge in [-0.25, -0.2) is 0 Å². The summed E-state index contributed by atoms with van der Waals surface area (Å²) in [4.78, 5) is 0. The van der Waals surface area contributed by atoms with Crippen molar-refractivity contribution < 1.29 is 5.11 Å². The molecule has 0 atom stereocenters. The summed E-state index contributed by atoms with van der Waals surface area (Å²) in [5.41, 5.74) is 2.37. The van der Waals surface area contributed by atoms with Crippen LogP contribution in [-0.4, -0.2) is 0 Å². The average molecular weight is 233 g/mol. The van der Waals surface area contributed by atoms with Crippen molar-refractivity contribution in [3.63, 3.8) is 0 Å². The van der Waals surface area contributed by atoms with Crippen LogP contribution < -0.4 is 0 Å². The SMILES string of the molecule is CCCCCc1cccc([O])c1CCCCC. The highest BCUT2D eigenvalue weighted by Crippen LogP contribution is 2.25. The molecule has 1 nitrogen and oxygen atoms in total. The fourth-order valence-electron chi connectivity index (χ4n) is 2.25. The van der Waals surface area contributed by atoms with E-state index in [4.69, 9.17) is 0 Å². The second-order valence-corrected chi connectivity index (χ2v) is 4.81. The van der Waals surface area contributed by atoms with E-state index in [1.807, 2.05) is 6.07 Å². The molecule has 0 aliphatic heterocycles. The van der Waals surface area contributed by atoms with Gasteiger partial charge in [-0.15, -0.1) is 0 Å². The third-order valence-electron chi connectivity index (χ3n) is 3.31. The summed E-state index contributed by atoms with van der Waals surface area (Å²) < 4.78 is 0. The first-order valence-electron chi connectivity index (χ1n) is 7.07. The van der Waals surface area contributed by atoms with Crippen molar-refractivity contribution in [1.29, 1.82) is 0 Å². The van der Waals surface area contributed by atoms with E-state index in [0.717, 1.165) is 24.8 Å². The molecule has 0 bridgehead atoms. The van der Waals surface area contributed by atoms with Crippen LogP contribution in [0.1, 0.15) is 63.5 Å². The second-order valence-electron chi connectivity index (χ2n) is 4.81. The maximum Gasteiger partial charge on any atom is 0.182 e. The summed E-state index contributed by atoms with van der Waals surface area (Å²) >= 11 is 0. The number of aryl methyl sites for hydroxylation is 1. The number of hydrogen-bond donors (Lipinski definition) is 0. The quantitative estimate of drug-likeness (QED) is 0.543. The smallest absolute Gasteiger partial charge is 0.182 e. The topological polar surface area (TPSA) is 19.9 Å². The standard InChI is InChI=1S/C16H25O/c1-3-5-7-10-14-11-9-13-16(17)15(14)12-8-6-4-2/h9,11,13H,3-8,10,12H2,1-2H3. The molecule has 0 unspecified atom stereocenters. The maximum atomic E-state index is 11.9. The lowest BCUT2D eigenvalue weighted by molar-refractivity contribution is 0.348. The molecule has 0 aliphatic rings. The molecule has 0 heterocycles. The van der Waals surface area contributed by atoms with E-state index in [1.165, 1.54) is 37.7 Å². The summed E-state index contributed by atoms with van der Waals surface area (Å²) in [5, 5.41) is 11.9. The van der Waals surface area contributed by atoms with E-state index >= 15 is 0 Å². The first-order valence-corrected chi connectivity index (χ1v) is 7.07. The van der Waals surface area contributed by atoms with Gasteiger partial charge in [0.25, 0.3) is 0 Å². The van der Waals surface area contributed by atoms with Crippen molar-refractivity contribution in [3.8, 4) is 5.75 Å². The summed E-state index contributed by atoms with van der Waals surface area (Å²) in [7, 11) is 0. The minimum absolute atomic E-state index is 0.245. The van der Waals surface area contributed by atoms with E-state index in [0.29, 0.717) is 0 Å². The zero-order valence-electron chi connectivity index (χ0n) is 11.3. The van der Waals surface area contributed by atoms with Crippen LogP contribution in [0.4, 0.5) is 0 Å². The third-order valence-corrected chi connectivity index (χ3v) is 3.31. The molecule has 1 radical (unpaired) electrons. The summed E-state index contributed by atoms with van der Waals surface area (Å²) in [5.74, 6) is 0.245. The summed E-state index contributed by atoms with van der Waals surface area (Å²) in [6.07, 6.45) is 9.34. The van der Waals surface area contributed by atoms with Crippen molar-refractivity contribution in [2.45, 2.75) is 65.2 Å². The first kappa shape index (κ1) is 14.1. The Labute approximate surface area is 106 Å². The first-order chi connectivity index (χ1) is 8.29. The van der Waals surface area contributed by atoms with Crippen LogP contribution >= 0.6 is 0 Å². The van der Waals surface area contributed by atoms with Gasteiger partial charge in [0.05, 0.1) is 0 Å². The molecule has 1 aromatic carbocycles. The van der Waals surface area contributed by atoms with Crippen molar-refractivity contribution in [1.82, 2.24) is 0 Å². The molecule has 17 heavy (non-hydrogen) atoms. The minimum Gasteiger partial charge on any atom is -0.290 e. The van der Waals surface area contributed by atoms with Crippen LogP contribution in [0.25, 0.3) is 0 Å². The molecular weight excluding hydrogens is 208 g/mol. The Morgan fingerprint density at radius 1 is 0.882 bits per heavy atom. The molecule has 0 spiro atoms. The molecule has 95 valence electrons. The van der Waals surface area contributed by atoms with E-state index in [-0.39, 0.29) is 5.75 Å². The van der Waals surface area contributed by atoms with Gasteiger partial charge in [-0.1, -0.05) is 51.7 Å². The Morgan fingerprint density at radius 3 is 2.18 bits per heavy atom. The number of hydrogen-bond acceptors (Lipinski definition) is 0. The Balaban J connectivity index is 2.63. The summed E-state index contributed by atoms with van der Waals surface area (Å²) in [6, 6.07) is 5.76. The zero-order chi connectivity index (χ0) is 12.5. The fourth-order valence-corrected chi connectivity index (χ4v) is 2.25. The lowest BCUT2D eigenvalue weighted by Gasteiger charge is -2.09. The predicted octanol–water partition coefficient (Wildman–Crippen LogP) is 5.30. The molecule has 1 heteroatoms. The molecule has 0 aromatic heterocycles. The van der Waals surface area contributed by atoms with Crippen molar-refractivity contribution in [2.24, 2.45) is 0 Å². The van der Waals surface area contributed by atoms with E-state index in [9.17, 15) is 5.11 Å². The van der Waals surface area contributed by atoms with Crippen LogP contribution in [0.2, 0.25) is 0 Å². The molecule has 0 N–H and O–H groups in total. The minimum atomic E-state index is 0.245. The van der Waals surface area contributed by atoms with Crippen molar-refractivity contribution in [3.05, 3.63) is 29.3 Å². The van der Waals surface area contributed by atoms with Gasteiger partial charge in [-0.05, 0) is 37.3 Å². The van der Waals surface area contributed by atoms with Crippen molar-refractivity contribution in [2.75, 3.05) is 0 Å². The lowest BCUT2D eigenvalue weighted by Crippen LogP contribution is -1.95. The third kappa shape index (κ3) is 4.80. The highest BCUT2D eigenvalue weighted by molar-refractivity contribution is 5.39. The van der Waals surface area contributed by atoms with Crippen LogP contribution in [-0.2, 0) is 17.9 Å². The zero-order valence-corrected chi connectivity index (χ0v) is 11.3. The molecule has 0 saturated carbocycles. The largest absolute Gasteiger partial charge is 0.290 e. The molecule has 0 fully saturated rings. The van der Waals surface area contributed by atoms with E-state index in [2.05, 4.69) is 19.9 Å². The van der Waals surface area contributed by atoms with Crippen LogP contribution in [0.5, 0.6) is 5.75 Å². The monoisotopic (exact) mass is 233 g/mol. The Hall–Kier alpha value is -0.980. The molecule has 0 amide bonds. The van der Waals surface area contributed by atoms with Gasteiger partial charge in [0.15, 0.2) is 5.75 Å². The van der Waals surface area contributed by atoms with Gasteiger partial charge >= 0.3 is 0 Å². The molecule has 1 aromatic rings. The normalized spacial score (nSPS) is 10.7. The fraction of sp³-hybridized carbons (Fsp3) is 0.625. The second kappa shape index (κ2) is 8.16. The maximum absolute atomic E-state index is 11.9. The van der Waals surface area contributed by atoms with E-state index < -0.39 is 0 Å². The highest BCUT2D eigenvalue weighted by Gasteiger charge is 2.08. The Kier molecular flexibility index (Phi) is 6.76. The highest BCUT2D eigenvalue weighted by atomic mass is 16.3. The number of rotatable bonds is 8. The van der Waals surface area contributed by atoms with Crippen molar-refractivity contribution >= 4 is 0 Å². The Bertz CT molecular complexity index is 317. The Morgan fingerprint density at radius 2 is 1.53 bits per heavy atom. The molecule has 0 saturated heterocycles. The van der Waals surface area contributed by atoms with Gasteiger partial charge in [0, 0.05) is 5.56 Å².